The van der Waals surface area contributed by atoms with Gasteiger partial charge in [-0.15, -0.1) is 0 Å². The minimum Gasteiger partial charge on any atom is -0.307 e. The van der Waals surface area contributed by atoms with E-state index in [0.29, 0.717) is 0 Å². The highest BCUT2D eigenvalue weighted by molar-refractivity contribution is 6.02. The number of ketones is 1. The number of hydrogen-bond donors (Lipinski definition) is 0. The van der Waals surface area contributed by atoms with Crippen molar-refractivity contribution in [3.05, 3.63) is 52.9 Å². The number of allylic oxidation sites excluding steroid dienone is 2. The van der Waals surface area contributed by atoms with Gasteiger partial charge in [0.1, 0.15) is 0 Å². The van der Waals surface area contributed by atoms with Gasteiger partial charge in [0.05, 0.1) is 18.5 Å². The van der Waals surface area contributed by atoms with Gasteiger partial charge < -0.3 is 4.79 Å². The van der Waals surface area contributed by atoms with Crippen molar-refractivity contribution in [3.63, 3.8) is 0 Å². The third-order valence-corrected chi connectivity index (χ3v) is 5.67. The van der Waals surface area contributed by atoms with E-state index in [9.17, 15) is 4.79 Å². The van der Waals surface area contributed by atoms with Gasteiger partial charge in [-0.25, -0.2) is 14.3 Å². The number of nitrogens with zero attached hydrogens (tertiary/aromatic N) is 4. The molecule has 0 N–H and O–H groups in total. The lowest BCUT2D eigenvalue weighted by atomic mass is 9.53. The lowest BCUT2D eigenvalue weighted by Crippen LogP contribution is -2.51. The molecule has 0 amide bonds. The summed E-state index contributed by atoms with van der Waals surface area (Å²) in [6, 6.07) is 1.88. The lowest BCUT2D eigenvalue weighted by Gasteiger charge is -2.50. The van der Waals surface area contributed by atoms with Crippen molar-refractivity contribution in [2.24, 2.45) is 11.3 Å². The quantitative estimate of drug-likeness (QED) is 0.703. The summed E-state index contributed by atoms with van der Waals surface area (Å²) in [7, 11) is 0. The van der Waals surface area contributed by atoms with Crippen molar-refractivity contribution in [2.75, 3.05) is 0 Å². The van der Waals surface area contributed by atoms with E-state index in [0.717, 1.165) is 29.7 Å². The van der Waals surface area contributed by atoms with Crippen LogP contribution in [-0.4, -0.2) is 20.4 Å². The Morgan fingerprint density at radius 3 is 2.91 bits per heavy atom. The van der Waals surface area contributed by atoms with Crippen LogP contribution in [0.5, 0.6) is 0 Å². The molecule has 0 unspecified atom stereocenters. The molecule has 4 rings (SSSR count). The Morgan fingerprint density at radius 1 is 1.39 bits per heavy atom. The Bertz CT molecular complexity index is 915. The first-order chi connectivity index (χ1) is 10.9. The lowest BCUT2D eigenvalue weighted by molar-refractivity contribution is -0.128. The van der Waals surface area contributed by atoms with E-state index < -0.39 is 10.8 Å². The molecule has 0 saturated heterocycles. The fourth-order valence-electron chi connectivity index (χ4n) is 4.63. The average molecular weight is 306 g/mol. The molecular formula is C18H18N4O. The highest BCUT2D eigenvalue weighted by Crippen LogP contribution is 2.54. The number of fused-ring (bicyclic) bond motifs is 5. The van der Waals surface area contributed by atoms with Gasteiger partial charge in [-0.1, -0.05) is 26.8 Å². The summed E-state index contributed by atoms with van der Waals surface area (Å²) in [5.74, 6) is 0.111. The monoisotopic (exact) mass is 306 g/mol. The van der Waals surface area contributed by atoms with Crippen LogP contribution in [0.1, 0.15) is 38.4 Å². The highest BCUT2D eigenvalue weighted by Gasteiger charge is 2.54. The van der Waals surface area contributed by atoms with E-state index >= 15 is 0 Å². The number of carbonyl (C=O) groups is 1. The smallest absolute Gasteiger partial charge is 0.226 e. The Hall–Kier alpha value is -2.48. The normalized spacial score (nSPS) is 28.7. The SMILES string of the molecule is [C-]#[N+]C1=C[C@]2(C)c3c(cnc4ccnn34)CC[C@H]2C(C)(C)C1=O. The summed E-state index contributed by atoms with van der Waals surface area (Å²) >= 11 is 0. The Balaban J connectivity index is 2.09. The Kier molecular flexibility index (Phi) is 2.63. The van der Waals surface area contributed by atoms with E-state index in [2.05, 4.69) is 21.9 Å². The minimum absolute atomic E-state index is 0.0378. The second kappa shape index (κ2) is 4.29. The third kappa shape index (κ3) is 1.64. The summed E-state index contributed by atoms with van der Waals surface area (Å²) in [6.45, 7) is 13.5. The zero-order chi connectivity index (χ0) is 16.4. The largest absolute Gasteiger partial charge is 0.307 e. The average Bonchev–Trinajstić information content (AvgIpc) is 2.99. The second-order valence-corrected chi connectivity index (χ2v) is 7.30. The number of Topliss-reactive ketones (excluding diaryl/α,β-unsaturated/α-hetero) is 1. The molecule has 0 radical (unpaired) electrons. The first-order valence-electron chi connectivity index (χ1n) is 7.87. The van der Waals surface area contributed by atoms with Crippen molar-refractivity contribution in [1.82, 2.24) is 14.6 Å². The number of aryl methyl sites for hydroxylation is 1. The van der Waals surface area contributed by atoms with E-state index in [1.54, 1.807) is 6.20 Å². The molecule has 2 heterocycles. The van der Waals surface area contributed by atoms with Crippen molar-refractivity contribution < 1.29 is 4.79 Å². The molecule has 2 aromatic heterocycles. The van der Waals surface area contributed by atoms with Crippen LogP contribution in [0, 0.1) is 17.9 Å². The molecule has 0 bridgehead atoms. The summed E-state index contributed by atoms with van der Waals surface area (Å²) in [6.07, 6.45) is 7.34. The molecule has 116 valence electrons. The zero-order valence-electron chi connectivity index (χ0n) is 13.5. The van der Waals surface area contributed by atoms with E-state index in [1.165, 1.54) is 0 Å². The van der Waals surface area contributed by atoms with Gasteiger partial charge in [-0.2, -0.15) is 5.10 Å². The summed E-state index contributed by atoms with van der Waals surface area (Å²) < 4.78 is 1.88. The standard InChI is InChI=1S/C18H18N4O/c1-17(2)13-6-5-11-10-20-14-7-8-21-22(14)15(11)18(13,3)9-12(19-4)16(17)23/h7-10,13H,5-6H2,1-3H3/t13-,18-/m0/s1. The summed E-state index contributed by atoms with van der Waals surface area (Å²) in [5.41, 5.74) is 2.34. The highest BCUT2D eigenvalue weighted by atomic mass is 16.1. The molecule has 0 aliphatic heterocycles. The number of aromatic nitrogens is 3. The molecule has 2 aliphatic rings. The van der Waals surface area contributed by atoms with Crippen molar-refractivity contribution in [3.8, 4) is 0 Å². The summed E-state index contributed by atoms with van der Waals surface area (Å²) in [5, 5.41) is 4.45. The van der Waals surface area contributed by atoms with Crippen LogP contribution in [-0.2, 0) is 16.6 Å². The topological polar surface area (TPSA) is 51.6 Å². The van der Waals surface area contributed by atoms with Gasteiger partial charge in [0.15, 0.2) is 11.4 Å². The zero-order valence-corrected chi connectivity index (χ0v) is 13.5. The molecule has 0 fully saturated rings. The van der Waals surface area contributed by atoms with Gasteiger partial charge in [0, 0.05) is 23.1 Å². The van der Waals surface area contributed by atoms with Crippen LogP contribution < -0.4 is 0 Å². The molecule has 0 saturated carbocycles. The van der Waals surface area contributed by atoms with Crippen LogP contribution in [0.3, 0.4) is 0 Å². The van der Waals surface area contributed by atoms with Gasteiger partial charge >= 0.3 is 0 Å². The predicted molar refractivity (Wildman–Crippen MR) is 85.6 cm³/mol. The molecule has 2 aliphatic carbocycles. The van der Waals surface area contributed by atoms with Crippen molar-refractivity contribution >= 4 is 11.4 Å². The molecule has 5 nitrogen and oxygen atoms in total. The first kappa shape index (κ1) is 14.1. The van der Waals surface area contributed by atoms with Gasteiger partial charge in [-0.05, 0) is 24.3 Å². The number of hydrogen-bond acceptors (Lipinski definition) is 3. The maximum absolute atomic E-state index is 12.7. The maximum Gasteiger partial charge on any atom is 0.226 e. The van der Waals surface area contributed by atoms with Crippen LogP contribution in [0.4, 0.5) is 0 Å². The number of carbonyl (C=O) groups excluding carboxylic acids is 1. The van der Waals surface area contributed by atoms with Crippen molar-refractivity contribution in [2.45, 2.75) is 39.0 Å². The Labute approximate surface area is 134 Å². The minimum atomic E-state index is -0.552. The van der Waals surface area contributed by atoms with Crippen LogP contribution in [0.15, 0.2) is 30.2 Å². The summed E-state index contributed by atoms with van der Waals surface area (Å²) in [4.78, 5) is 20.7. The molecule has 2 atom stereocenters. The molecule has 23 heavy (non-hydrogen) atoms. The first-order valence-corrected chi connectivity index (χ1v) is 7.87. The van der Waals surface area contributed by atoms with E-state index in [1.807, 2.05) is 36.7 Å². The maximum atomic E-state index is 12.7. The second-order valence-electron chi connectivity index (χ2n) is 7.30. The fourth-order valence-corrected chi connectivity index (χ4v) is 4.63. The van der Waals surface area contributed by atoms with Crippen LogP contribution in [0.25, 0.3) is 10.5 Å². The third-order valence-electron chi connectivity index (χ3n) is 5.67. The van der Waals surface area contributed by atoms with Crippen LogP contribution >= 0.6 is 0 Å². The van der Waals surface area contributed by atoms with Gasteiger partial charge in [0.25, 0.3) is 0 Å². The van der Waals surface area contributed by atoms with E-state index in [4.69, 9.17) is 6.57 Å². The predicted octanol–water partition coefficient (Wildman–Crippen LogP) is 2.96. The molecule has 0 aromatic carbocycles. The molecule has 2 aromatic rings. The van der Waals surface area contributed by atoms with E-state index in [-0.39, 0.29) is 17.4 Å². The number of rotatable bonds is 0. The van der Waals surface area contributed by atoms with Gasteiger partial charge in [-0.3, -0.25) is 0 Å². The van der Waals surface area contributed by atoms with Crippen LogP contribution in [0.2, 0.25) is 0 Å². The van der Waals surface area contributed by atoms with Crippen molar-refractivity contribution in [1.29, 1.82) is 0 Å². The molecule has 0 spiro atoms. The fraction of sp³-hybridized carbons (Fsp3) is 0.444. The Morgan fingerprint density at radius 2 is 2.17 bits per heavy atom. The molecular weight excluding hydrogens is 288 g/mol. The molecule has 5 heteroatoms. The van der Waals surface area contributed by atoms with Gasteiger partial charge in [0.2, 0.25) is 5.70 Å².